The van der Waals surface area contributed by atoms with Crippen molar-refractivity contribution < 1.29 is 17.9 Å². The molecule has 2 aromatic rings. The van der Waals surface area contributed by atoms with E-state index in [1.165, 1.54) is 13.2 Å². The van der Waals surface area contributed by atoms with E-state index < -0.39 is 10.0 Å². The smallest absolute Gasteiger partial charge is 0.261 e. The van der Waals surface area contributed by atoms with Gasteiger partial charge in [-0.15, -0.1) is 0 Å². The maximum atomic E-state index is 12.6. The zero-order valence-electron chi connectivity index (χ0n) is 13.7. The Morgan fingerprint density at radius 3 is 2.35 bits per heavy atom. The molecule has 0 aromatic heterocycles. The Morgan fingerprint density at radius 2 is 1.74 bits per heavy atom. The minimum atomic E-state index is -3.68. The first-order valence-electron chi connectivity index (χ1n) is 7.22. The maximum Gasteiger partial charge on any atom is 0.261 e. The molecule has 124 valence electrons. The van der Waals surface area contributed by atoms with Gasteiger partial charge in [0.1, 0.15) is 11.5 Å². The van der Waals surface area contributed by atoms with Gasteiger partial charge in [0.25, 0.3) is 10.0 Å². The van der Waals surface area contributed by atoms with Crippen LogP contribution in [0.15, 0.2) is 47.4 Å². The van der Waals surface area contributed by atoms with Gasteiger partial charge in [-0.25, -0.2) is 8.42 Å². The van der Waals surface area contributed by atoms with Gasteiger partial charge in [-0.1, -0.05) is 19.9 Å². The van der Waals surface area contributed by atoms with Crippen LogP contribution in [0.2, 0.25) is 0 Å². The van der Waals surface area contributed by atoms with Crippen LogP contribution in [0.4, 0.5) is 5.69 Å². The van der Waals surface area contributed by atoms with Gasteiger partial charge in [0.05, 0.1) is 24.8 Å². The van der Waals surface area contributed by atoms with Crippen molar-refractivity contribution in [1.29, 1.82) is 0 Å². The average molecular weight is 335 g/mol. The Hall–Kier alpha value is -2.21. The number of sulfonamides is 1. The first kappa shape index (κ1) is 17.1. The molecule has 0 amide bonds. The lowest BCUT2D eigenvalue weighted by Gasteiger charge is -2.14. The Labute approximate surface area is 137 Å². The third kappa shape index (κ3) is 3.96. The van der Waals surface area contributed by atoms with Crippen molar-refractivity contribution in [3.63, 3.8) is 0 Å². The highest BCUT2D eigenvalue weighted by Gasteiger charge is 2.18. The molecule has 0 atom stereocenters. The van der Waals surface area contributed by atoms with E-state index >= 15 is 0 Å². The maximum absolute atomic E-state index is 12.6. The van der Waals surface area contributed by atoms with E-state index in [0.29, 0.717) is 17.2 Å². The van der Waals surface area contributed by atoms with Crippen LogP contribution in [0.5, 0.6) is 11.5 Å². The quantitative estimate of drug-likeness (QED) is 0.875. The molecule has 0 aliphatic carbocycles. The molecule has 0 bridgehead atoms. The summed E-state index contributed by atoms with van der Waals surface area (Å²) in [5.41, 5.74) is 1.30. The molecular formula is C17H21NO4S. The highest BCUT2D eigenvalue weighted by atomic mass is 32.2. The van der Waals surface area contributed by atoms with Crippen molar-refractivity contribution in [1.82, 2.24) is 0 Å². The first-order valence-corrected chi connectivity index (χ1v) is 8.70. The second-order valence-corrected chi connectivity index (χ2v) is 7.08. The fraction of sp³-hybridized carbons (Fsp3) is 0.294. The normalized spacial score (nSPS) is 11.3. The molecule has 0 spiro atoms. The summed E-state index contributed by atoms with van der Waals surface area (Å²) < 4.78 is 38.1. The lowest BCUT2D eigenvalue weighted by atomic mass is 10.0. The van der Waals surface area contributed by atoms with Gasteiger partial charge in [0.2, 0.25) is 0 Å². The largest absolute Gasteiger partial charge is 0.497 e. The predicted octanol–water partition coefficient (Wildman–Crippen LogP) is 3.63. The Morgan fingerprint density at radius 1 is 1.00 bits per heavy atom. The van der Waals surface area contributed by atoms with Crippen LogP contribution in [-0.2, 0) is 10.0 Å². The molecular weight excluding hydrogens is 314 g/mol. The van der Waals surface area contributed by atoms with Crippen molar-refractivity contribution in [3.05, 3.63) is 48.0 Å². The van der Waals surface area contributed by atoms with E-state index in [1.807, 2.05) is 13.8 Å². The van der Waals surface area contributed by atoms with Gasteiger partial charge in [0, 0.05) is 6.07 Å². The molecule has 0 heterocycles. The standard InChI is InChI=1S/C17H21NO4S/c1-12(2)16-11-15(8-9-17(16)22-4)23(19,20)18-13-6-5-7-14(10-13)21-3/h5-12,18H,1-4H3. The summed E-state index contributed by atoms with van der Waals surface area (Å²) in [6.07, 6.45) is 0. The number of hydrogen-bond acceptors (Lipinski definition) is 4. The lowest BCUT2D eigenvalue weighted by Crippen LogP contribution is -2.13. The zero-order valence-corrected chi connectivity index (χ0v) is 14.5. The number of anilines is 1. The Bertz CT molecular complexity index is 785. The van der Waals surface area contributed by atoms with Gasteiger partial charge in [0.15, 0.2) is 0 Å². The van der Waals surface area contributed by atoms with Gasteiger partial charge < -0.3 is 9.47 Å². The van der Waals surface area contributed by atoms with Crippen LogP contribution < -0.4 is 14.2 Å². The van der Waals surface area contributed by atoms with E-state index in [0.717, 1.165) is 5.56 Å². The minimum absolute atomic E-state index is 0.150. The summed E-state index contributed by atoms with van der Waals surface area (Å²) in [5.74, 6) is 1.42. The molecule has 2 rings (SSSR count). The van der Waals surface area contributed by atoms with Gasteiger partial charge in [-0.3, -0.25) is 4.72 Å². The van der Waals surface area contributed by atoms with Gasteiger partial charge >= 0.3 is 0 Å². The first-order chi connectivity index (χ1) is 10.9. The van der Waals surface area contributed by atoms with Gasteiger partial charge in [-0.2, -0.15) is 0 Å². The molecule has 23 heavy (non-hydrogen) atoms. The fourth-order valence-corrected chi connectivity index (χ4v) is 3.32. The summed E-state index contributed by atoms with van der Waals surface area (Å²) in [5, 5.41) is 0. The third-order valence-electron chi connectivity index (χ3n) is 3.46. The fourth-order valence-electron chi connectivity index (χ4n) is 2.23. The molecule has 6 heteroatoms. The minimum Gasteiger partial charge on any atom is -0.497 e. The molecule has 1 N–H and O–H groups in total. The van der Waals surface area contributed by atoms with Crippen molar-refractivity contribution in [3.8, 4) is 11.5 Å². The molecule has 2 aromatic carbocycles. The summed E-state index contributed by atoms with van der Waals surface area (Å²) in [4.78, 5) is 0.199. The van der Waals surface area contributed by atoms with Crippen LogP contribution >= 0.6 is 0 Å². The Kier molecular flexibility index (Phi) is 5.15. The molecule has 0 fully saturated rings. The lowest BCUT2D eigenvalue weighted by molar-refractivity contribution is 0.407. The van der Waals surface area contributed by atoms with E-state index in [-0.39, 0.29) is 10.8 Å². The van der Waals surface area contributed by atoms with Crippen LogP contribution in [-0.4, -0.2) is 22.6 Å². The number of benzene rings is 2. The highest BCUT2D eigenvalue weighted by Crippen LogP contribution is 2.30. The van der Waals surface area contributed by atoms with Crippen LogP contribution in [0.1, 0.15) is 25.3 Å². The monoisotopic (exact) mass is 335 g/mol. The Balaban J connectivity index is 2.37. The average Bonchev–Trinajstić information content (AvgIpc) is 2.53. The van der Waals surface area contributed by atoms with Crippen LogP contribution in [0.3, 0.4) is 0 Å². The molecule has 5 nitrogen and oxygen atoms in total. The predicted molar refractivity (Wildman–Crippen MR) is 90.9 cm³/mol. The van der Waals surface area contributed by atoms with Gasteiger partial charge in [-0.05, 0) is 41.8 Å². The number of nitrogens with one attached hydrogen (secondary N) is 1. The van der Waals surface area contributed by atoms with E-state index in [1.54, 1.807) is 43.5 Å². The van der Waals surface area contributed by atoms with Crippen LogP contribution in [0.25, 0.3) is 0 Å². The van der Waals surface area contributed by atoms with Crippen molar-refractivity contribution in [2.45, 2.75) is 24.7 Å². The van der Waals surface area contributed by atoms with E-state index in [2.05, 4.69) is 4.72 Å². The third-order valence-corrected chi connectivity index (χ3v) is 4.83. The van der Waals surface area contributed by atoms with Crippen molar-refractivity contribution >= 4 is 15.7 Å². The topological polar surface area (TPSA) is 64.6 Å². The number of methoxy groups -OCH3 is 2. The zero-order chi connectivity index (χ0) is 17.0. The SMILES string of the molecule is COc1cccc(NS(=O)(=O)c2ccc(OC)c(C(C)C)c2)c1. The number of ether oxygens (including phenoxy) is 2. The highest BCUT2D eigenvalue weighted by molar-refractivity contribution is 7.92. The summed E-state index contributed by atoms with van der Waals surface area (Å²) in [6, 6.07) is 11.6. The van der Waals surface area contributed by atoms with Crippen molar-refractivity contribution in [2.75, 3.05) is 18.9 Å². The summed E-state index contributed by atoms with van der Waals surface area (Å²) in [7, 11) is -0.573. The van der Waals surface area contributed by atoms with Crippen molar-refractivity contribution in [2.24, 2.45) is 0 Å². The second-order valence-electron chi connectivity index (χ2n) is 5.40. The van der Waals surface area contributed by atoms with Crippen LogP contribution in [0, 0.1) is 0 Å². The number of rotatable bonds is 6. The summed E-state index contributed by atoms with van der Waals surface area (Å²) in [6.45, 7) is 3.98. The second kappa shape index (κ2) is 6.91. The van der Waals surface area contributed by atoms with E-state index in [9.17, 15) is 8.42 Å². The molecule has 0 saturated heterocycles. The van der Waals surface area contributed by atoms with E-state index in [4.69, 9.17) is 9.47 Å². The molecule has 0 radical (unpaired) electrons. The number of hydrogen-bond donors (Lipinski definition) is 1. The molecule has 0 saturated carbocycles. The molecule has 0 aliphatic rings. The summed E-state index contributed by atoms with van der Waals surface area (Å²) >= 11 is 0. The molecule has 0 aliphatic heterocycles. The molecule has 0 unspecified atom stereocenters.